The van der Waals surface area contributed by atoms with E-state index in [1.165, 1.54) is 0 Å². The van der Waals surface area contributed by atoms with Crippen LogP contribution in [0.4, 0.5) is 5.69 Å². The van der Waals surface area contributed by atoms with E-state index >= 15 is 0 Å². The van der Waals surface area contributed by atoms with Gasteiger partial charge in [0.15, 0.2) is 0 Å². The summed E-state index contributed by atoms with van der Waals surface area (Å²) >= 11 is 5.86. The number of nitrogens with one attached hydrogen (secondary N) is 2. The number of methoxy groups -OCH3 is 1. The van der Waals surface area contributed by atoms with Gasteiger partial charge in [-0.3, -0.25) is 4.79 Å². The van der Waals surface area contributed by atoms with Gasteiger partial charge in [-0.05, 0) is 37.6 Å². The number of halogens is 1. The highest BCUT2D eigenvalue weighted by atomic mass is 35.5. The van der Waals surface area contributed by atoms with Gasteiger partial charge in [0.05, 0.1) is 13.2 Å². The zero-order valence-electron chi connectivity index (χ0n) is 10.9. The predicted octanol–water partition coefficient (Wildman–Crippen LogP) is 2.21. The lowest BCUT2D eigenvalue weighted by atomic mass is 10.2. The van der Waals surface area contributed by atoms with Gasteiger partial charge >= 0.3 is 0 Å². The molecule has 1 rings (SSSR count). The molecule has 0 aliphatic heterocycles. The second-order valence-electron chi connectivity index (χ2n) is 4.24. The quantitative estimate of drug-likeness (QED) is 0.833. The molecular formula is C13H19ClN2O2. The molecule has 0 unspecified atom stereocenters. The number of aryl methyl sites for hydroxylation is 1. The van der Waals surface area contributed by atoms with E-state index in [4.69, 9.17) is 16.3 Å². The zero-order valence-corrected chi connectivity index (χ0v) is 11.7. The number of hydrogen-bond donors (Lipinski definition) is 2. The maximum absolute atomic E-state index is 11.6. The van der Waals surface area contributed by atoms with Gasteiger partial charge in [-0.1, -0.05) is 11.6 Å². The molecular weight excluding hydrogens is 252 g/mol. The van der Waals surface area contributed by atoms with Crippen LogP contribution in [-0.4, -0.2) is 32.2 Å². The summed E-state index contributed by atoms with van der Waals surface area (Å²) in [4.78, 5) is 11.6. The van der Waals surface area contributed by atoms with Gasteiger partial charge in [-0.2, -0.15) is 0 Å². The van der Waals surface area contributed by atoms with Gasteiger partial charge < -0.3 is 15.4 Å². The predicted molar refractivity (Wildman–Crippen MR) is 74.2 cm³/mol. The van der Waals surface area contributed by atoms with Crippen LogP contribution in [0.1, 0.15) is 12.5 Å². The van der Waals surface area contributed by atoms with Crippen LogP contribution in [0.2, 0.25) is 5.02 Å². The molecule has 0 saturated heterocycles. The number of hydrogen-bond acceptors (Lipinski definition) is 3. The van der Waals surface area contributed by atoms with Crippen molar-refractivity contribution in [3.8, 4) is 0 Å². The van der Waals surface area contributed by atoms with Gasteiger partial charge in [-0.25, -0.2) is 0 Å². The number of carbonyl (C=O) groups is 1. The average Bonchev–Trinajstić information content (AvgIpc) is 2.28. The zero-order chi connectivity index (χ0) is 13.5. The highest BCUT2D eigenvalue weighted by Crippen LogP contribution is 2.19. The molecule has 0 spiro atoms. The summed E-state index contributed by atoms with van der Waals surface area (Å²) in [6.07, 6.45) is 0. The Balaban J connectivity index is 2.42. The van der Waals surface area contributed by atoms with Crippen LogP contribution in [0, 0.1) is 6.92 Å². The van der Waals surface area contributed by atoms with E-state index in [0.717, 1.165) is 11.3 Å². The van der Waals surface area contributed by atoms with Gasteiger partial charge in [-0.15, -0.1) is 0 Å². The maximum Gasteiger partial charge on any atom is 0.239 e. The second-order valence-corrected chi connectivity index (χ2v) is 4.67. The molecule has 0 aliphatic rings. The Morgan fingerprint density at radius 3 is 2.83 bits per heavy atom. The van der Waals surface area contributed by atoms with E-state index < -0.39 is 0 Å². The molecule has 1 aromatic carbocycles. The molecule has 0 heterocycles. The molecule has 1 aromatic rings. The molecule has 0 bridgehead atoms. The lowest BCUT2D eigenvalue weighted by Crippen LogP contribution is -2.39. The first kappa shape index (κ1) is 14.8. The van der Waals surface area contributed by atoms with E-state index in [9.17, 15) is 4.79 Å². The Morgan fingerprint density at radius 1 is 1.50 bits per heavy atom. The summed E-state index contributed by atoms with van der Waals surface area (Å²) < 4.78 is 4.95. The minimum Gasteiger partial charge on any atom is -0.383 e. The first-order valence-electron chi connectivity index (χ1n) is 5.81. The number of anilines is 1. The van der Waals surface area contributed by atoms with E-state index in [-0.39, 0.29) is 18.5 Å². The smallest absolute Gasteiger partial charge is 0.239 e. The topological polar surface area (TPSA) is 50.4 Å². The molecule has 0 aliphatic carbocycles. The van der Waals surface area contributed by atoms with E-state index in [2.05, 4.69) is 10.6 Å². The molecule has 100 valence electrons. The summed E-state index contributed by atoms with van der Waals surface area (Å²) in [7, 11) is 1.61. The first-order valence-corrected chi connectivity index (χ1v) is 6.19. The third-order valence-corrected chi connectivity index (χ3v) is 2.69. The Labute approximate surface area is 113 Å². The molecule has 1 atom stereocenters. The Kier molecular flexibility index (Phi) is 5.95. The molecule has 0 aromatic heterocycles. The molecule has 18 heavy (non-hydrogen) atoms. The minimum absolute atomic E-state index is 0.00983. The van der Waals surface area contributed by atoms with Crippen molar-refractivity contribution in [2.24, 2.45) is 0 Å². The van der Waals surface area contributed by atoms with Crippen LogP contribution in [0.25, 0.3) is 0 Å². The van der Waals surface area contributed by atoms with E-state index in [0.29, 0.717) is 11.6 Å². The Hall–Kier alpha value is -1.26. The van der Waals surface area contributed by atoms with Crippen LogP contribution >= 0.6 is 11.6 Å². The first-order chi connectivity index (χ1) is 8.52. The highest BCUT2D eigenvalue weighted by molar-refractivity contribution is 6.30. The Morgan fingerprint density at radius 2 is 2.22 bits per heavy atom. The molecule has 5 heteroatoms. The third-order valence-electron chi connectivity index (χ3n) is 2.45. The number of carbonyl (C=O) groups excluding carboxylic acids is 1. The van der Waals surface area contributed by atoms with Crippen LogP contribution in [0.15, 0.2) is 18.2 Å². The molecule has 2 N–H and O–H groups in total. The summed E-state index contributed by atoms with van der Waals surface area (Å²) in [5.41, 5.74) is 1.93. The van der Waals surface area contributed by atoms with Gasteiger partial charge in [0, 0.05) is 23.9 Å². The van der Waals surface area contributed by atoms with Crippen molar-refractivity contribution in [3.05, 3.63) is 28.8 Å². The van der Waals surface area contributed by atoms with Crippen molar-refractivity contribution in [1.29, 1.82) is 0 Å². The summed E-state index contributed by atoms with van der Waals surface area (Å²) in [5, 5.41) is 6.60. The van der Waals surface area contributed by atoms with Crippen LogP contribution in [-0.2, 0) is 9.53 Å². The molecule has 0 saturated carbocycles. The van der Waals surface area contributed by atoms with Gasteiger partial charge in [0.1, 0.15) is 0 Å². The standard InChI is InChI=1S/C13H19ClN2O2/c1-9-6-11(14)4-5-12(9)15-7-13(17)16-10(2)8-18-3/h4-6,10,15H,7-8H2,1-3H3,(H,16,17)/t10-/m1/s1. The van der Waals surface area contributed by atoms with E-state index in [1.54, 1.807) is 13.2 Å². The van der Waals surface area contributed by atoms with Crippen LogP contribution in [0.5, 0.6) is 0 Å². The summed E-state index contributed by atoms with van der Waals surface area (Å²) in [6.45, 7) is 4.58. The Bertz CT molecular complexity index is 410. The largest absolute Gasteiger partial charge is 0.383 e. The molecule has 1 amide bonds. The van der Waals surface area contributed by atoms with Crippen LogP contribution < -0.4 is 10.6 Å². The highest BCUT2D eigenvalue weighted by Gasteiger charge is 2.07. The number of rotatable bonds is 6. The normalized spacial score (nSPS) is 12.0. The minimum atomic E-state index is -0.0612. The average molecular weight is 271 g/mol. The molecule has 0 radical (unpaired) electrons. The van der Waals surface area contributed by atoms with Crippen molar-refractivity contribution in [2.45, 2.75) is 19.9 Å². The van der Waals surface area contributed by atoms with Crippen LogP contribution in [0.3, 0.4) is 0 Å². The van der Waals surface area contributed by atoms with Crippen molar-refractivity contribution in [3.63, 3.8) is 0 Å². The molecule has 4 nitrogen and oxygen atoms in total. The fraction of sp³-hybridized carbons (Fsp3) is 0.462. The monoisotopic (exact) mass is 270 g/mol. The summed E-state index contributed by atoms with van der Waals surface area (Å²) in [6, 6.07) is 5.52. The number of amides is 1. The van der Waals surface area contributed by atoms with E-state index in [1.807, 2.05) is 26.0 Å². The fourth-order valence-electron chi connectivity index (χ4n) is 1.62. The SMILES string of the molecule is COC[C@@H](C)NC(=O)CNc1ccc(Cl)cc1C. The lowest BCUT2D eigenvalue weighted by molar-refractivity contribution is -0.120. The second kappa shape index (κ2) is 7.24. The van der Waals surface area contributed by atoms with Crippen molar-refractivity contribution < 1.29 is 9.53 Å². The molecule has 0 fully saturated rings. The maximum atomic E-state index is 11.6. The number of benzene rings is 1. The fourth-order valence-corrected chi connectivity index (χ4v) is 1.85. The van der Waals surface area contributed by atoms with Crippen molar-refractivity contribution >= 4 is 23.2 Å². The number of ether oxygens (including phenoxy) is 1. The third kappa shape index (κ3) is 4.94. The van der Waals surface area contributed by atoms with Gasteiger partial charge in [0.25, 0.3) is 0 Å². The summed E-state index contributed by atoms with van der Waals surface area (Å²) in [5.74, 6) is -0.0612. The van der Waals surface area contributed by atoms with Crippen molar-refractivity contribution in [2.75, 3.05) is 25.6 Å². The lowest BCUT2D eigenvalue weighted by Gasteiger charge is -2.14. The van der Waals surface area contributed by atoms with Crippen molar-refractivity contribution in [1.82, 2.24) is 5.32 Å². The van der Waals surface area contributed by atoms with Gasteiger partial charge in [0.2, 0.25) is 5.91 Å².